The zero-order valence-electron chi connectivity index (χ0n) is 11.3. The van der Waals surface area contributed by atoms with Gasteiger partial charge in [-0.2, -0.15) is 11.3 Å². The summed E-state index contributed by atoms with van der Waals surface area (Å²) in [5.41, 5.74) is 2.73. The number of aryl methyl sites for hydroxylation is 2. The summed E-state index contributed by atoms with van der Waals surface area (Å²) < 4.78 is 0. The molecule has 0 spiro atoms. The quantitative estimate of drug-likeness (QED) is 0.894. The van der Waals surface area contributed by atoms with Crippen LogP contribution in [-0.4, -0.2) is 11.5 Å². The molecule has 0 aliphatic heterocycles. The zero-order valence-corrected chi connectivity index (χ0v) is 12.9. The summed E-state index contributed by atoms with van der Waals surface area (Å²) in [6.45, 7) is 3.26. The molecule has 0 fully saturated rings. The monoisotopic (exact) mass is 292 g/mol. The van der Waals surface area contributed by atoms with Crippen LogP contribution >= 0.6 is 22.7 Å². The maximum atomic E-state index is 4.92. The number of rotatable bonds is 5. The number of thiophene rings is 1. The van der Waals surface area contributed by atoms with Crippen molar-refractivity contribution in [3.05, 3.63) is 38.0 Å². The Hall–Kier alpha value is -0.710. The number of hydrogen-bond acceptors (Lipinski definition) is 4. The van der Waals surface area contributed by atoms with Gasteiger partial charge in [-0.3, -0.25) is 0 Å². The van der Waals surface area contributed by atoms with Gasteiger partial charge in [0.15, 0.2) is 0 Å². The largest absolute Gasteiger partial charge is 0.304 e. The van der Waals surface area contributed by atoms with Gasteiger partial charge >= 0.3 is 0 Å². The van der Waals surface area contributed by atoms with Gasteiger partial charge in [-0.1, -0.05) is 6.92 Å². The molecule has 0 bridgehead atoms. The van der Waals surface area contributed by atoms with E-state index in [2.05, 4.69) is 29.1 Å². The van der Waals surface area contributed by atoms with Gasteiger partial charge in [0.2, 0.25) is 0 Å². The molecule has 1 unspecified atom stereocenters. The number of hydrogen-bond donors (Lipinski definition) is 1. The van der Waals surface area contributed by atoms with Gasteiger partial charge in [0.1, 0.15) is 5.01 Å². The molecule has 2 aromatic rings. The Labute approximate surface area is 122 Å². The molecule has 1 N–H and O–H groups in total. The second-order valence-electron chi connectivity index (χ2n) is 5.07. The molecule has 4 heteroatoms. The van der Waals surface area contributed by atoms with Gasteiger partial charge in [-0.15, -0.1) is 11.3 Å². The molecule has 102 valence electrons. The third-order valence-electron chi connectivity index (χ3n) is 3.58. The van der Waals surface area contributed by atoms with Crippen molar-refractivity contribution in [1.29, 1.82) is 0 Å². The zero-order chi connectivity index (χ0) is 13.1. The third kappa shape index (κ3) is 2.91. The molecule has 0 amide bonds. The lowest BCUT2D eigenvalue weighted by molar-refractivity contribution is 0.594. The van der Waals surface area contributed by atoms with E-state index in [0.29, 0.717) is 6.04 Å². The summed E-state index contributed by atoms with van der Waals surface area (Å²) in [5.74, 6) is 0. The van der Waals surface area contributed by atoms with Crippen LogP contribution in [0.15, 0.2) is 16.8 Å². The van der Waals surface area contributed by atoms with E-state index in [1.165, 1.54) is 46.8 Å². The van der Waals surface area contributed by atoms with E-state index >= 15 is 0 Å². The van der Waals surface area contributed by atoms with Crippen molar-refractivity contribution in [2.45, 2.75) is 45.1 Å². The van der Waals surface area contributed by atoms with Crippen molar-refractivity contribution in [1.82, 2.24) is 10.3 Å². The Balaban J connectivity index is 1.88. The molecule has 0 saturated carbocycles. The third-order valence-corrected chi connectivity index (χ3v) is 5.51. The molecular weight excluding hydrogens is 272 g/mol. The maximum Gasteiger partial charge on any atom is 0.115 e. The van der Waals surface area contributed by atoms with Crippen LogP contribution in [0.1, 0.15) is 53.4 Å². The van der Waals surface area contributed by atoms with E-state index in [1.807, 2.05) is 11.3 Å². The van der Waals surface area contributed by atoms with Gasteiger partial charge in [-0.05, 0) is 61.0 Å². The minimum absolute atomic E-state index is 0.293. The lowest BCUT2D eigenvalue weighted by Gasteiger charge is -2.14. The fraction of sp³-hybridized carbons (Fsp3) is 0.533. The van der Waals surface area contributed by atoms with Gasteiger partial charge in [0.25, 0.3) is 0 Å². The highest BCUT2D eigenvalue weighted by Gasteiger charge is 2.22. The van der Waals surface area contributed by atoms with Crippen LogP contribution < -0.4 is 5.32 Å². The first kappa shape index (κ1) is 13.3. The summed E-state index contributed by atoms with van der Waals surface area (Å²) in [6, 6.07) is 2.51. The van der Waals surface area contributed by atoms with Crippen molar-refractivity contribution in [2.75, 3.05) is 6.54 Å². The van der Waals surface area contributed by atoms with E-state index in [4.69, 9.17) is 4.98 Å². The Kier molecular flexibility index (Phi) is 4.31. The maximum absolute atomic E-state index is 4.92. The number of aromatic nitrogens is 1. The van der Waals surface area contributed by atoms with Crippen LogP contribution in [0.4, 0.5) is 0 Å². The molecule has 0 saturated heterocycles. The molecule has 19 heavy (non-hydrogen) atoms. The number of nitrogens with zero attached hydrogens (tertiary/aromatic N) is 1. The van der Waals surface area contributed by atoms with E-state index in [1.54, 1.807) is 11.3 Å². The van der Waals surface area contributed by atoms with E-state index in [-0.39, 0.29) is 0 Å². The second-order valence-corrected chi connectivity index (χ2v) is 6.97. The molecule has 1 aliphatic rings. The number of fused-ring (bicyclic) bond motifs is 1. The van der Waals surface area contributed by atoms with Gasteiger partial charge in [0.05, 0.1) is 11.7 Å². The lowest BCUT2D eigenvalue weighted by Crippen LogP contribution is -2.22. The topological polar surface area (TPSA) is 24.9 Å². The van der Waals surface area contributed by atoms with Gasteiger partial charge in [0, 0.05) is 4.88 Å². The highest BCUT2D eigenvalue weighted by molar-refractivity contribution is 7.12. The fourth-order valence-corrected chi connectivity index (χ4v) is 4.51. The molecule has 2 aromatic heterocycles. The smallest absolute Gasteiger partial charge is 0.115 e. The first-order chi connectivity index (χ1) is 9.38. The molecule has 2 heterocycles. The number of nitrogens with one attached hydrogen (secondary N) is 1. The average molecular weight is 292 g/mol. The predicted molar refractivity (Wildman–Crippen MR) is 83.2 cm³/mol. The molecule has 3 rings (SSSR count). The van der Waals surface area contributed by atoms with Crippen LogP contribution in [0, 0.1) is 0 Å². The fourth-order valence-electron chi connectivity index (χ4n) is 2.57. The van der Waals surface area contributed by atoms with E-state index in [0.717, 1.165) is 13.0 Å². The molecular formula is C15H20N2S2. The summed E-state index contributed by atoms with van der Waals surface area (Å²) in [5, 5.41) is 9.31. The number of thiazole rings is 1. The summed E-state index contributed by atoms with van der Waals surface area (Å²) in [7, 11) is 0. The highest BCUT2D eigenvalue weighted by Crippen LogP contribution is 2.33. The molecule has 2 nitrogen and oxygen atoms in total. The highest BCUT2D eigenvalue weighted by atomic mass is 32.1. The second kappa shape index (κ2) is 6.16. The van der Waals surface area contributed by atoms with Crippen molar-refractivity contribution in [3.8, 4) is 0 Å². The minimum Gasteiger partial charge on any atom is -0.304 e. The first-order valence-electron chi connectivity index (χ1n) is 7.12. The minimum atomic E-state index is 0.293. The van der Waals surface area contributed by atoms with Crippen LogP contribution in [0.25, 0.3) is 0 Å². The van der Waals surface area contributed by atoms with Gasteiger partial charge in [-0.25, -0.2) is 4.98 Å². The summed E-state index contributed by atoms with van der Waals surface area (Å²) in [4.78, 5) is 6.45. The van der Waals surface area contributed by atoms with Crippen molar-refractivity contribution in [2.24, 2.45) is 0 Å². The van der Waals surface area contributed by atoms with Gasteiger partial charge < -0.3 is 5.32 Å². The van der Waals surface area contributed by atoms with E-state index < -0.39 is 0 Å². The SMILES string of the molecule is CCCNC(c1ccsc1)c1nc2c(s1)CCCC2. The van der Waals surface area contributed by atoms with Crippen LogP contribution in [-0.2, 0) is 12.8 Å². The molecule has 1 atom stereocenters. The van der Waals surface area contributed by atoms with Crippen molar-refractivity contribution in [3.63, 3.8) is 0 Å². The molecule has 1 aliphatic carbocycles. The Morgan fingerprint density at radius 3 is 3.00 bits per heavy atom. The normalized spacial score (nSPS) is 16.3. The molecule has 0 aromatic carbocycles. The van der Waals surface area contributed by atoms with Crippen LogP contribution in [0.3, 0.4) is 0 Å². The average Bonchev–Trinajstić information content (AvgIpc) is 3.08. The van der Waals surface area contributed by atoms with Crippen LogP contribution in [0.2, 0.25) is 0 Å². The standard InChI is InChI=1S/C15H20N2S2/c1-2-8-16-14(11-7-9-18-10-11)15-17-12-5-3-4-6-13(12)19-15/h7,9-10,14,16H,2-6,8H2,1H3. The van der Waals surface area contributed by atoms with Crippen molar-refractivity contribution >= 4 is 22.7 Å². The van der Waals surface area contributed by atoms with Crippen LogP contribution in [0.5, 0.6) is 0 Å². The first-order valence-corrected chi connectivity index (χ1v) is 8.88. The predicted octanol–water partition coefficient (Wildman–Crippen LogP) is 4.17. The summed E-state index contributed by atoms with van der Waals surface area (Å²) >= 11 is 3.69. The Morgan fingerprint density at radius 2 is 2.26 bits per heavy atom. The Bertz CT molecular complexity index is 493. The lowest BCUT2D eigenvalue weighted by atomic mass is 10.0. The summed E-state index contributed by atoms with van der Waals surface area (Å²) in [6.07, 6.45) is 6.21. The Morgan fingerprint density at radius 1 is 1.37 bits per heavy atom. The van der Waals surface area contributed by atoms with E-state index in [9.17, 15) is 0 Å². The van der Waals surface area contributed by atoms with Crippen molar-refractivity contribution < 1.29 is 0 Å². The molecule has 0 radical (unpaired) electrons.